The molecule has 1 aromatic heterocycles. The highest BCUT2D eigenvalue weighted by Gasteiger charge is 2.20. The average Bonchev–Trinajstić information content (AvgIpc) is 2.80. The normalized spacial score (nSPS) is 11.1. The summed E-state index contributed by atoms with van der Waals surface area (Å²) in [6.07, 6.45) is 10.5. The zero-order valence-corrected chi connectivity index (χ0v) is 20.7. The van der Waals surface area contributed by atoms with Gasteiger partial charge in [-0.25, -0.2) is 0 Å². The van der Waals surface area contributed by atoms with Gasteiger partial charge in [0.25, 0.3) is 5.56 Å². The number of nitrogens with zero attached hydrogens (tertiary/aromatic N) is 1. The third-order valence-electron chi connectivity index (χ3n) is 5.64. The molecule has 0 atom stereocenters. The zero-order valence-electron chi connectivity index (χ0n) is 20.7. The molecule has 0 fully saturated rings. The maximum Gasteiger partial charge on any atom is 0.297 e. The predicted octanol–water partition coefficient (Wildman–Crippen LogP) is 7.12. The van der Waals surface area contributed by atoms with Crippen LogP contribution in [0.3, 0.4) is 0 Å². The third-order valence-corrected chi connectivity index (χ3v) is 5.64. The van der Waals surface area contributed by atoms with E-state index in [1.807, 2.05) is 22.8 Å². The van der Waals surface area contributed by atoms with Gasteiger partial charge in [0.05, 0.1) is 25.3 Å². The molecule has 2 aromatic rings. The number of ether oxygens (including phenoxy) is 3. The Labute approximate surface area is 194 Å². The quantitative estimate of drug-likeness (QED) is 0.243. The first-order chi connectivity index (χ1) is 15.7. The van der Waals surface area contributed by atoms with Gasteiger partial charge in [-0.05, 0) is 37.8 Å². The highest BCUT2D eigenvalue weighted by atomic mass is 16.5. The summed E-state index contributed by atoms with van der Waals surface area (Å²) in [5.41, 5.74) is 0.764. The molecule has 0 aliphatic rings. The lowest BCUT2D eigenvalue weighted by atomic mass is 10.1. The standard InChI is InChI=1S/C27H43NO4/c1-5-9-13-14-20-31-25-23-16-15-22(30-18-11-7-3)21-24(23)28(17-10-6-2)27(29)26(25)32-19-12-8-4/h15-16,21H,5-14,17-20H2,1-4H3. The van der Waals surface area contributed by atoms with E-state index in [0.29, 0.717) is 37.9 Å². The Kier molecular flexibility index (Phi) is 12.1. The van der Waals surface area contributed by atoms with Crippen LogP contribution in [0.4, 0.5) is 0 Å². The summed E-state index contributed by atoms with van der Waals surface area (Å²) < 4.78 is 20.0. The van der Waals surface area contributed by atoms with Crippen molar-refractivity contribution < 1.29 is 14.2 Å². The van der Waals surface area contributed by atoms with Gasteiger partial charge in [-0.3, -0.25) is 4.79 Å². The van der Waals surface area contributed by atoms with E-state index in [2.05, 4.69) is 27.7 Å². The smallest absolute Gasteiger partial charge is 0.297 e. The Hall–Kier alpha value is -2.17. The molecule has 5 heteroatoms. The number of hydrogen-bond donors (Lipinski definition) is 0. The Morgan fingerprint density at radius 2 is 1.31 bits per heavy atom. The minimum Gasteiger partial charge on any atom is -0.494 e. The van der Waals surface area contributed by atoms with E-state index in [9.17, 15) is 4.79 Å². The largest absolute Gasteiger partial charge is 0.494 e. The van der Waals surface area contributed by atoms with Gasteiger partial charge in [0.2, 0.25) is 5.75 Å². The fourth-order valence-electron chi connectivity index (χ4n) is 3.63. The van der Waals surface area contributed by atoms with E-state index in [1.165, 1.54) is 12.8 Å². The summed E-state index contributed by atoms with van der Waals surface area (Å²) in [6.45, 7) is 11.1. The van der Waals surface area contributed by atoms with Crippen molar-refractivity contribution in [2.24, 2.45) is 0 Å². The molecule has 0 unspecified atom stereocenters. The first-order valence-electron chi connectivity index (χ1n) is 12.8. The van der Waals surface area contributed by atoms with Gasteiger partial charge in [0.1, 0.15) is 5.75 Å². The molecule has 0 bridgehead atoms. The molecule has 180 valence electrons. The Bertz CT molecular complexity index is 859. The molecule has 0 saturated heterocycles. The summed E-state index contributed by atoms with van der Waals surface area (Å²) in [4.78, 5) is 13.5. The van der Waals surface area contributed by atoms with Crippen molar-refractivity contribution >= 4 is 10.9 Å². The second-order valence-electron chi connectivity index (χ2n) is 8.46. The van der Waals surface area contributed by atoms with Crippen LogP contribution in [-0.2, 0) is 6.54 Å². The average molecular weight is 446 g/mol. The van der Waals surface area contributed by atoms with Gasteiger partial charge in [0, 0.05) is 18.0 Å². The van der Waals surface area contributed by atoms with Crippen LogP contribution in [0.15, 0.2) is 23.0 Å². The van der Waals surface area contributed by atoms with Gasteiger partial charge >= 0.3 is 0 Å². The summed E-state index contributed by atoms with van der Waals surface area (Å²) >= 11 is 0. The van der Waals surface area contributed by atoms with Crippen molar-refractivity contribution in [2.45, 2.75) is 98.4 Å². The van der Waals surface area contributed by atoms with Crippen LogP contribution in [0.2, 0.25) is 0 Å². The SMILES string of the molecule is CCCCCCOc1c(OCCCC)c(=O)n(CCCC)c2cc(OCCCC)ccc12. The van der Waals surface area contributed by atoms with Crippen molar-refractivity contribution in [3.63, 3.8) is 0 Å². The van der Waals surface area contributed by atoms with Gasteiger partial charge in [-0.15, -0.1) is 0 Å². The van der Waals surface area contributed by atoms with Crippen LogP contribution >= 0.6 is 0 Å². The molecule has 1 aromatic carbocycles. The van der Waals surface area contributed by atoms with E-state index in [0.717, 1.165) is 68.0 Å². The van der Waals surface area contributed by atoms with E-state index in [4.69, 9.17) is 14.2 Å². The van der Waals surface area contributed by atoms with Crippen LogP contribution < -0.4 is 19.8 Å². The van der Waals surface area contributed by atoms with Crippen molar-refractivity contribution in [2.75, 3.05) is 19.8 Å². The summed E-state index contributed by atoms with van der Waals surface area (Å²) in [7, 11) is 0. The maximum absolute atomic E-state index is 13.5. The minimum absolute atomic E-state index is 0.101. The molecule has 1 heterocycles. The van der Waals surface area contributed by atoms with Crippen LogP contribution in [-0.4, -0.2) is 24.4 Å². The van der Waals surface area contributed by atoms with Gasteiger partial charge in [-0.2, -0.15) is 0 Å². The molecule has 0 N–H and O–H groups in total. The first-order valence-corrected chi connectivity index (χ1v) is 12.8. The molecule has 0 saturated carbocycles. The molecular weight excluding hydrogens is 402 g/mol. The molecule has 0 spiro atoms. The Morgan fingerprint density at radius 3 is 2.00 bits per heavy atom. The number of aryl methyl sites for hydroxylation is 1. The van der Waals surface area contributed by atoms with Gasteiger partial charge in [-0.1, -0.05) is 66.2 Å². The molecule has 32 heavy (non-hydrogen) atoms. The Balaban J connectivity index is 2.49. The lowest BCUT2D eigenvalue weighted by molar-refractivity contribution is 0.258. The highest BCUT2D eigenvalue weighted by molar-refractivity contribution is 5.89. The van der Waals surface area contributed by atoms with Crippen molar-refractivity contribution in [1.82, 2.24) is 4.57 Å². The van der Waals surface area contributed by atoms with Crippen LogP contribution in [0.25, 0.3) is 10.9 Å². The lowest BCUT2D eigenvalue weighted by Gasteiger charge is -2.19. The van der Waals surface area contributed by atoms with E-state index < -0.39 is 0 Å². The van der Waals surface area contributed by atoms with Crippen LogP contribution in [0.1, 0.15) is 91.9 Å². The summed E-state index contributed by atoms with van der Waals surface area (Å²) in [5, 5.41) is 0.922. The molecule has 5 nitrogen and oxygen atoms in total. The first kappa shape index (κ1) is 26.1. The van der Waals surface area contributed by atoms with E-state index in [1.54, 1.807) is 0 Å². The van der Waals surface area contributed by atoms with Gasteiger partial charge < -0.3 is 18.8 Å². The molecule has 0 aliphatic carbocycles. The summed E-state index contributed by atoms with van der Waals surface area (Å²) in [6, 6.07) is 5.99. The summed E-state index contributed by atoms with van der Waals surface area (Å²) in [5.74, 6) is 1.74. The number of pyridine rings is 1. The van der Waals surface area contributed by atoms with Crippen molar-refractivity contribution in [1.29, 1.82) is 0 Å². The van der Waals surface area contributed by atoms with Crippen molar-refractivity contribution in [3.05, 3.63) is 28.6 Å². The van der Waals surface area contributed by atoms with Crippen molar-refractivity contribution in [3.8, 4) is 17.2 Å². The fraction of sp³-hybridized carbons (Fsp3) is 0.667. The topological polar surface area (TPSA) is 49.7 Å². The van der Waals surface area contributed by atoms with E-state index >= 15 is 0 Å². The third kappa shape index (κ3) is 7.46. The number of rotatable bonds is 17. The molecule has 0 radical (unpaired) electrons. The highest BCUT2D eigenvalue weighted by Crippen LogP contribution is 2.35. The van der Waals surface area contributed by atoms with E-state index in [-0.39, 0.29) is 5.56 Å². The minimum atomic E-state index is -0.101. The molecule has 0 amide bonds. The number of aromatic nitrogens is 1. The zero-order chi connectivity index (χ0) is 23.2. The number of hydrogen-bond acceptors (Lipinski definition) is 4. The maximum atomic E-state index is 13.5. The van der Waals surface area contributed by atoms with Crippen LogP contribution in [0.5, 0.6) is 17.2 Å². The van der Waals surface area contributed by atoms with Gasteiger partial charge in [0.15, 0.2) is 5.75 Å². The molecule has 0 aliphatic heterocycles. The second kappa shape index (κ2) is 14.8. The monoisotopic (exact) mass is 445 g/mol. The molecule has 2 rings (SSSR count). The predicted molar refractivity (Wildman–Crippen MR) is 134 cm³/mol. The molecular formula is C27H43NO4. The lowest BCUT2D eigenvalue weighted by Crippen LogP contribution is -2.24. The number of fused-ring (bicyclic) bond motifs is 1. The van der Waals surface area contributed by atoms with Crippen LogP contribution in [0, 0.1) is 0 Å². The number of unbranched alkanes of at least 4 members (excludes halogenated alkanes) is 6. The second-order valence-corrected chi connectivity index (χ2v) is 8.46. The fourth-order valence-corrected chi connectivity index (χ4v) is 3.63. The Morgan fingerprint density at radius 1 is 0.688 bits per heavy atom. The number of benzene rings is 1.